The van der Waals surface area contributed by atoms with E-state index >= 15 is 0 Å². The number of carboxylic acid groups (broad SMARTS) is 2. The average molecular weight is 389 g/mol. The third kappa shape index (κ3) is 19.8. The summed E-state index contributed by atoms with van der Waals surface area (Å²) in [4.78, 5) is 20.1. The summed E-state index contributed by atoms with van der Waals surface area (Å²) in [5, 5.41) is 16.5. The van der Waals surface area contributed by atoms with Crippen molar-refractivity contribution < 1.29 is 24.5 Å². The predicted octanol–water partition coefficient (Wildman–Crippen LogP) is 1.31. The largest absolute Gasteiger partial charge is 0.480 e. The lowest BCUT2D eigenvalue weighted by atomic mass is 10.2. The normalized spacial score (nSPS) is 15.5. The lowest BCUT2D eigenvalue weighted by Gasteiger charge is -2.02. The molecule has 1 fully saturated rings. The molecule has 1 rings (SSSR count). The summed E-state index contributed by atoms with van der Waals surface area (Å²) in [6.07, 6.45) is 5.51. The van der Waals surface area contributed by atoms with Crippen LogP contribution in [-0.2, 0) is 14.3 Å². The first-order valence-electron chi connectivity index (χ1n) is 7.16. The summed E-state index contributed by atoms with van der Waals surface area (Å²) < 4.78 is 4.94. The lowest BCUT2D eigenvalue weighted by Crippen LogP contribution is -2.30. The van der Waals surface area contributed by atoms with Crippen LogP contribution in [0.3, 0.4) is 0 Å². The van der Waals surface area contributed by atoms with Gasteiger partial charge in [-0.2, -0.15) is 11.8 Å². The van der Waals surface area contributed by atoms with E-state index in [1.54, 1.807) is 11.8 Å². The van der Waals surface area contributed by atoms with Crippen LogP contribution in [0, 0.1) is 0 Å². The van der Waals surface area contributed by atoms with Crippen LogP contribution in [0.15, 0.2) is 0 Å². The van der Waals surface area contributed by atoms with Gasteiger partial charge in [-0.15, -0.1) is 11.7 Å². The van der Waals surface area contributed by atoms with E-state index in [0.717, 1.165) is 19.0 Å². The number of carbonyl (C=O) groups is 2. The molecule has 0 aromatic rings. The fourth-order valence-electron chi connectivity index (χ4n) is 1.18. The molecule has 1 saturated heterocycles. The maximum atomic E-state index is 10.1. The Kier molecular flexibility index (Phi) is 19.9. The molecule has 0 bridgehead atoms. The Hall–Kier alpha value is -0.130. The van der Waals surface area contributed by atoms with Crippen LogP contribution in [-0.4, -0.2) is 65.2 Å². The maximum absolute atomic E-state index is 10.1. The van der Waals surface area contributed by atoms with Gasteiger partial charge in [0.15, 0.2) is 0 Å². The zero-order chi connectivity index (χ0) is 18.1. The molecule has 1 aliphatic heterocycles. The Morgan fingerprint density at radius 1 is 1.09 bits per heavy atom. The van der Waals surface area contributed by atoms with Gasteiger partial charge in [0.05, 0.1) is 0 Å². The lowest BCUT2D eigenvalue weighted by molar-refractivity contribution is -0.139. The van der Waals surface area contributed by atoms with Gasteiger partial charge in [-0.25, -0.2) is 0 Å². The van der Waals surface area contributed by atoms with E-state index in [9.17, 15) is 9.59 Å². The first-order valence-corrected chi connectivity index (χ1v) is 10.6. The third-order valence-corrected chi connectivity index (χ3v) is 4.22. The van der Waals surface area contributed by atoms with Crippen LogP contribution < -0.4 is 11.5 Å². The highest BCUT2D eigenvalue weighted by Gasteiger charge is 2.09. The van der Waals surface area contributed by atoms with Crippen LogP contribution in [0.5, 0.6) is 0 Å². The highest BCUT2D eigenvalue weighted by Crippen LogP contribution is 2.07. The van der Waals surface area contributed by atoms with Gasteiger partial charge in [0.2, 0.25) is 0 Å². The standard InChI is InChI=1S/C5H11NO2S.C4H9NO2S2.C4H8O/c1-9-3-2-4(6)5(7)8;5-3(4(6)7)1-2-9-8;1-2-4-5-3-1/h4H,2-3,6H2,1H3,(H,7,8);3,8H,1-2,5H2,(H,6,7);1-4H2. The zero-order valence-electron chi connectivity index (χ0n) is 13.3. The van der Waals surface area contributed by atoms with Crippen molar-refractivity contribution in [1.82, 2.24) is 0 Å². The number of thioether (sulfide) groups is 1. The Morgan fingerprint density at radius 2 is 1.52 bits per heavy atom. The number of aliphatic carboxylic acids is 2. The summed E-state index contributed by atoms with van der Waals surface area (Å²) in [6.45, 7) is 2.00. The van der Waals surface area contributed by atoms with Crippen LogP contribution in [0.4, 0.5) is 0 Å². The Balaban J connectivity index is 0. The van der Waals surface area contributed by atoms with E-state index in [0.29, 0.717) is 18.6 Å². The molecule has 0 aliphatic carbocycles. The van der Waals surface area contributed by atoms with Gasteiger partial charge in [0, 0.05) is 19.0 Å². The molecular weight excluding hydrogens is 360 g/mol. The quantitative estimate of drug-likeness (QED) is 0.308. The second kappa shape index (κ2) is 18.2. The number of thiol groups is 1. The average Bonchev–Trinajstić information content (AvgIpc) is 3.10. The molecule has 0 aromatic carbocycles. The second-order valence-electron chi connectivity index (χ2n) is 4.61. The van der Waals surface area contributed by atoms with Crippen LogP contribution in [0.25, 0.3) is 0 Å². The van der Waals surface area contributed by atoms with Crippen LogP contribution in [0.2, 0.25) is 0 Å². The molecule has 1 aliphatic rings. The highest BCUT2D eigenvalue weighted by molar-refractivity contribution is 8.68. The molecule has 0 amide bonds. The van der Waals surface area contributed by atoms with Crippen molar-refractivity contribution in [3.05, 3.63) is 0 Å². The summed E-state index contributed by atoms with van der Waals surface area (Å²) in [5.74, 6) is -0.370. The summed E-state index contributed by atoms with van der Waals surface area (Å²) in [6, 6.07) is -1.41. The van der Waals surface area contributed by atoms with Crippen molar-refractivity contribution in [3.63, 3.8) is 0 Å². The van der Waals surface area contributed by atoms with Crippen molar-refractivity contribution in [2.24, 2.45) is 11.5 Å². The Morgan fingerprint density at radius 3 is 1.78 bits per heavy atom. The van der Waals surface area contributed by atoms with E-state index in [2.05, 4.69) is 11.7 Å². The molecule has 1 heterocycles. The van der Waals surface area contributed by atoms with Crippen LogP contribution in [0.1, 0.15) is 25.7 Å². The van der Waals surface area contributed by atoms with E-state index in [-0.39, 0.29) is 0 Å². The first kappa shape index (κ1) is 25.1. The molecule has 6 N–H and O–H groups in total. The fraction of sp³-hybridized carbons (Fsp3) is 0.846. The van der Waals surface area contributed by atoms with Gasteiger partial charge >= 0.3 is 11.9 Å². The van der Waals surface area contributed by atoms with Crippen molar-refractivity contribution in [1.29, 1.82) is 0 Å². The van der Waals surface area contributed by atoms with E-state index in [1.165, 1.54) is 23.6 Å². The molecule has 0 spiro atoms. The van der Waals surface area contributed by atoms with Crippen LogP contribution >= 0.6 is 34.2 Å². The van der Waals surface area contributed by atoms with Crippen molar-refractivity contribution >= 4 is 46.2 Å². The number of hydrogen-bond donors (Lipinski definition) is 5. The molecule has 10 heteroatoms. The number of nitrogens with two attached hydrogens (primary N) is 2. The zero-order valence-corrected chi connectivity index (χ0v) is 15.9. The number of carboxylic acids is 2. The molecule has 2 unspecified atom stereocenters. The molecule has 2 atom stereocenters. The second-order valence-corrected chi connectivity index (χ2v) is 7.04. The minimum atomic E-state index is -0.947. The molecule has 0 saturated carbocycles. The van der Waals surface area contributed by atoms with Gasteiger partial charge in [-0.1, -0.05) is 10.8 Å². The minimum Gasteiger partial charge on any atom is -0.480 e. The predicted molar refractivity (Wildman–Crippen MR) is 100 cm³/mol. The van der Waals surface area contributed by atoms with Gasteiger partial charge in [-0.3, -0.25) is 9.59 Å². The molecule has 138 valence electrons. The van der Waals surface area contributed by atoms with Gasteiger partial charge < -0.3 is 26.4 Å². The molecule has 0 radical (unpaired) electrons. The maximum Gasteiger partial charge on any atom is 0.320 e. The van der Waals surface area contributed by atoms with Crippen molar-refractivity contribution in [3.8, 4) is 0 Å². The summed E-state index contributed by atoms with van der Waals surface area (Å²) in [7, 11) is 1.30. The third-order valence-electron chi connectivity index (χ3n) is 2.61. The Labute approximate surface area is 151 Å². The van der Waals surface area contributed by atoms with E-state index in [1.807, 2.05) is 6.26 Å². The molecule has 0 aromatic heterocycles. The summed E-state index contributed by atoms with van der Waals surface area (Å²) in [5.41, 5.74) is 10.3. The highest BCUT2D eigenvalue weighted by atomic mass is 33.1. The topological polar surface area (TPSA) is 136 Å². The minimum absolute atomic E-state index is 0.476. The molecule has 7 nitrogen and oxygen atoms in total. The van der Waals surface area contributed by atoms with E-state index < -0.39 is 24.0 Å². The van der Waals surface area contributed by atoms with Crippen molar-refractivity contribution in [2.75, 3.05) is 31.0 Å². The molecule has 23 heavy (non-hydrogen) atoms. The van der Waals surface area contributed by atoms with Crippen molar-refractivity contribution in [2.45, 2.75) is 37.8 Å². The summed E-state index contributed by atoms with van der Waals surface area (Å²) >= 11 is 5.44. The number of ether oxygens (including phenoxy) is 1. The van der Waals surface area contributed by atoms with Gasteiger partial charge in [-0.05, 0) is 37.7 Å². The smallest absolute Gasteiger partial charge is 0.320 e. The SMILES string of the molecule is C1CCOC1.CSCCC(N)C(=O)O.NC(CCSS)C(=O)O. The fourth-order valence-corrected chi connectivity index (χ4v) is 2.35. The van der Waals surface area contributed by atoms with E-state index in [4.69, 9.17) is 26.4 Å². The molecular formula is C13H28N2O5S3. The monoisotopic (exact) mass is 388 g/mol. The van der Waals surface area contributed by atoms with Gasteiger partial charge in [0.25, 0.3) is 0 Å². The first-order chi connectivity index (χ1) is 10.9. The Bertz CT molecular complexity index is 276. The van der Waals surface area contributed by atoms with Gasteiger partial charge in [0.1, 0.15) is 12.1 Å². The number of hydrogen-bond acceptors (Lipinski definition) is 8. The number of rotatable bonds is 8.